The maximum atomic E-state index is 13.1. The van der Waals surface area contributed by atoms with E-state index in [0.717, 1.165) is 43.5 Å². The van der Waals surface area contributed by atoms with Gasteiger partial charge < -0.3 is 9.80 Å². The van der Waals surface area contributed by atoms with Crippen molar-refractivity contribution in [2.75, 3.05) is 18.0 Å². The molecule has 2 heterocycles. The molecule has 1 aliphatic rings. The number of fused-ring (bicyclic) bond motifs is 1. The van der Waals surface area contributed by atoms with E-state index >= 15 is 0 Å². The van der Waals surface area contributed by atoms with Gasteiger partial charge in [-0.2, -0.15) is 0 Å². The molecule has 0 fully saturated rings. The van der Waals surface area contributed by atoms with E-state index in [-0.39, 0.29) is 11.8 Å². The van der Waals surface area contributed by atoms with Crippen molar-refractivity contribution in [2.45, 2.75) is 52.0 Å². The minimum absolute atomic E-state index is 0.0462. The van der Waals surface area contributed by atoms with Crippen LogP contribution < -0.4 is 4.90 Å². The molecule has 0 saturated carbocycles. The van der Waals surface area contributed by atoms with Gasteiger partial charge in [-0.15, -0.1) is 0 Å². The van der Waals surface area contributed by atoms with Crippen LogP contribution in [0.15, 0.2) is 48.7 Å². The zero-order valence-corrected chi connectivity index (χ0v) is 16.6. The lowest BCUT2D eigenvalue weighted by atomic mass is 10.1. The quantitative estimate of drug-likeness (QED) is 0.736. The van der Waals surface area contributed by atoms with Crippen molar-refractivity contribution in [3.05, 3.63) is 59.9 Å². The number of aromatic nitrogens is 1. The fourth-order valence-electron chi connectivity index (χ4n) is 3.74. The predicted octanol–water partition coefficient (Wildman–Crippen LogP) is 4.43. The highest BCUT2D eigenvalue weighted by Crippen LogP contribution is 2.24. The Morgan fingerprint density at radius 3 is 2.25 bits per heavy atom. The Kier molecular flexibility index (Phi) is 7.18. The van der Waals surface area contributed by atoms with E-state index in [1.54, 1.807) is 19.2 Å². The van der Waals surface area contributed by atoms with Crippen molar-refractivity contribution in [1.82, 2.24) is 9.88 Å². The van der Waals surface area contributed by atoms with Gasteiger partial charge in [0.1, 0.15) is 5.69 Å². The average Bonchev–Trinajstić information content (AvgIpc) is 2.73. The second-order valence-corrected chi connectivity index (χ2v) is 7.36. The van der Waals surface area contributed by atoms with E-state index in [9.17, 15) is 9.59 Å². The third-order valence-corrected chi connectivity index (χ3v) is 5.25. The Hall–Kier alpha value is -2.69. The summed E-state index contributed by atoms with van der Waals surface area (Å²) in [7, 11) is 0. The average molecular weight is 380 g/mol. The molecule has 3 rings (SSSR count). The van der Waals surface area contributed by atoms with Crippen molar-refractivity contribution in [2.24, 2.45) is 0 Å². The summed E-state index contributed by atoms with van der Waals surface area (Å²) in [6, 6.07) is 13.3. The monoisotopic (exact) mass is 379 g/mol. The molecule has 2 aromatic rings. The largest absolute Gasteiger partial charge is 0.333 e. The second kappa shape index (κ2) is 10.0. The molecule has 5 nitrogen and oxygen atoms in total. The standard InChI is InChI=1S/C23H29N3O2/c1-19(27)26-17-11-5-3-2-4-10-16-25(18-20-12-6-7-14-22(20)26)23(28)21-13-8-9-15-24-21/h6-9,12-15H,2-5,10-11,16-18H2,1H3. The third kappa shape index (κ3) is 5.18. The van der Waals surface area contributed by atoms with Gasteiger partial charge in [-0.1, -0.05) is 49.9 Å². The number of carbonyl (C=O) groups excluding carboxylic acids is 2. The second-order valence-electron chi connectivity index (χ2n) is 7.36. The van der Waals surface area contributed by atoms with Crippen LogP contribution in [0, 0.1) is 0 Å². The third-order valence-electron chi connectivity index (χ3n) is 5.25. The smallest absolute Gasteiger partial charge is 0.272 e. The lowest BCUT2D eigenvalue weighted by Gasteiger charge is -2.27. The normalized spacial score (nSPS) is 16.3. The minimum Gasteiger partial charge on any atom is -0.333 e. The number of rotatable bonds is 1. The van der Waals surface area contributed by atoms with Gasteiger partial charge in [-0.3, -0.25) is 14.6 Å². The topological polar surface area (TPSA) is 53.5 Å². The summed E-state index contributed by atoms with van der Waals surface area (Å²) in [5.41, 5.74) is 2.38. The van der Waals surface area contributed by atoms with Crippen LogP contribution in [0.25, 0.3) is 0 Å². The zero-order valence-electron chi connectivity index (χ0n) is 16.6. The maximum Gasteiger partial charge on any atom is 0.272 e. The first-order chi connectivity index (χ1) is 13.7. The van der Waals surface area contributed by atoms with Gasteiger partial charge in [0.15, 0.2) is 0 Å². The van der Waals surface area contributed by atoms with E-state index in [0.29, 0.717) is 18.8 Å². The number of hydrogen-bond acceptors (Lipinski definition) is 3. The van der Waals surface area contributed by atoms with Crippen molar-refractivity contribution < 1.29 is 9.59 Å². The highest BCUT2D eigenvalue weighted by Gasteiger charge is 2.21. The molecule has 0 spiro atoms. The van der Waals surface area contributed by atoms with E-state index in [4.69, 9.17) is 0 Å². The predicted molar refractivity (Wildman–Crippen MR) is 111 cm³/mol. The molecule has 0 aliphatic carbocycles. The van der Waals surface area contributed by atoms with Gasteiger partial charge in [-0.25, -0.2) is 0 Å². The molecule has 1 aromatic carbocycles. The molecule has 2 amide bonds. The molecule has 0 atom stereocenters. The molecular formula is C23H29N3O2. The number of nitrogens with zero attached hydrogens (tertiary/aromatic N) is 3. The molecule has 0 radical (unpaired) electrons. The van der Waals surface area contributed by atoms with Gasteiger partial charge in [0.2, 0.25) is 5.91 Å². The number of para-hydroxylation sites is 1. The van der Waals surface area contributed by atoms with Crippen molar-refractivity contribution in [3.8, 4) is 0 Å². The van der Waals surface area contributed by atoms with E-state index in [2.05, 4.69) is 4.98 Å². The lowest BCUT2D eigenvalue weighted by molar-refractivity contribution is -0.116. The molecule has 148 valence electrons. The van der Waals surface area contributed by atoms with Crippen LogP contribution in [0.2, 0.25) is 0 Å². The van der Waals surface area contributed by atoms with Crippen molar-refractivity contribution in [1.29, 1.82) is 0 Å². The Balaban J connectivity index is 1.92. The van der Waals surface area contributed by atoms with Crippen LogP contribution in [-0.2, 0) is 11.3 Å². The number of hydrogen-bond donors (Lipinski definition) is 0. The maximum absolute atomic E-state index is 13.1. The van der Waals surface area contributed by atoms with E-state index in [1.807, 2.05) is 46.2 Å². The van der Waals surface area contributed by atoms with Crippen LogP contribution in [0.3, 0.4) is 0 Å². The molecule has 28 heavy (non-hydrogen) atoms. The van der Waals surface area contributed by atoms with Gasteiger partial charge in [0.05, 0.1) is 0 Å². The van der Waals surface area contributed by atoms with Gasteiger partial charge in [0, 0.05) is 38.4 Å². The van der Waals surface area contributed by atoms with Crippen LogP contribution >= 0.6 is 0 Å². The van der Waals surface area contributed by atoms with Crippen molar-refractivity contribution >= 4 is 17.5 Å². The summed E-state index contributed by atoms with van der Waals surface area (Å²) in [4.78, 5) is 33.4. The van der Waals surface area contributed by atoms with Gasteiger partial charge >= 0.3 is 0 Å². The molecule has 1 aliphatic heterocycles. The number of anilines is 1. The summed E-state index contributed by atoms with van der Waals surface area (Å²) < 4.78 is 0. The molecule has 1 aromatic heterocycles. The number of amides is 2. The summed E-state index contributed by atoms with van der Waals surface area (Å²) in [5, 5.41) is 0. The first kappa shape index (κ1) is 20.1. The number of benzene rings is 1. The van der Waals surface area contributed by atoms with Gasteiger partial charge in [0.25, 0.3) is 5.91 Å². The first-order valence-corrected chi connectivity index (χ1v) is 10.2. The Bertz CT molecular complexity index is 791. The van der Waals surface area contributed by atoms with Crippen LogP contribution in [-0.4, -0.2) is 34.8 Å². The van der Waals surface area contributed by atoms with Crippen molar-refractivity contribution in [3.63, 3.8) is 0 Å². The van der Waals surface area contributed by atoms with E-state index in [1.165, 1.54) is 12.8 Å². The minimum atomic E-state index is -0.0559. The highest BCUT2D eigenvalue weighted by atomic mass is 16.2. The summed E-state index contributed by atoms with van der Waals surface area (Å²) in [6.07, 6.45) is 8.22. The van der Waals surface area contributed by atoms with E-state index < -0.39 is 0 Å². The Labute approximate surface area is 167 Å². The molecule has 0 N–H and O–H groups in total. The summed E-state index contributed by atoms with van der Waals surface area (Å²) in [6.45, 7) is 3.52. The summed E-state index contributed by atoms with van der Waals surface area (Å²) in [5.74, 6) is -0.00965. The lowest BCUT2D eigenvalue weighted by Crippen LogP contribution is -2.34. The molecule has 0 saturated heterocycles. The zero-order chi connectivity index (χ0) is 19.8. The van der Waals surface area contributed by atoms with Crippen LogP contribution in [0.4, 0.5) is 5.69 Å². The fourth-order valence-corrected chi connectivity index (χ4v) is 3.74. The number of carbonyl (C=O) groups is 2. The fraction of sp³-hybridized carbons (Fsp3) is 0.435. The van der Waals surface area contributed by atoms with Crippen LogP contribution in [0.5, 0.6) is 0 Å². The number of pyridine rings is 1. The van der Waals surface area contributed by atoms with Crippen LogP contribution in [0.1, 0.15) is 61.5 Å². The Morgan fingerprint density at radius 1 is 0.857 bits per heavy atom. The Morgan fingerprint density at radius 2 is 1.54 bits per heavy atom. The molecule has 5 heteroatoms. The SMILES string of the molecule is CC(=O)N1CCCCCCCCN(C(=O)c2ccccn2)Cc2ccccc21. The molecule has 0 bridgehead atoms. The van der Waals surface area contributed by atoms with Gasteiger partial charge in [-0.05, 0) is 36.6 Å². The molecule has 0 unspecified atom stereocenters. The highest BCUT2D eigenvalue weighted by molar-refractivity contribution is 5.93. The molecular weight excluding hydrogens is 350 g/mol. The first-order valence-electron chi connectivity index (χ1n) is 10.2. The summed E-state index contributed by atoms with van der Waals surface area (Å²) >= 11 is 0.